The van der Waals surface area contributed by atoms with Gasteiger partial charge in [-0.2, -0.15) is 0 Å². The molecule has 0 atom stereocenters. The molecule has 0 saturated heterocycles. The van der Waals surface area contributed by atoms with Crippen molar-refractivity contribution in [1.82, 2.24) is 0 Å². The molecular weight excluding hydrogens is 534 g/mol. The van der Waals surface area contributed by atoms with Gasteiger partial charge in [0.2, 0.25) is 0 Å². The molecule has 0 aliphatic carbocycles. The van der Waals surface area contributed by atoms with Gasteiger partial charge in [-0.25, -0.2) is 0 Å². The van der Waals surface area contributed by atoms with Crippen LogP contribution in [0.2, 0.25) is 0 Å². The summed E-state index contributed by atoms with van der Waals surface area (Å²) < 4.78 is 9.62. The second-order valence-electron chi connectivity index (χ2n) is 9.84. The van der Waals surface area contributed by atoms with Crippen LogP contribution in [0.4, 0.5) is 0 Å². The molecule has 33 heavy (non-hydrogen) atoms. The van der Waals surface area contributed by atoms with Crippen LogP contribution in [0.1, 0.15) is 115 Å². The van der Waals surface area contributed by atoms with Crippen molar-refractivity contribution in [3.63, 3.8) is 0 Å². The Morgan fingerprint density at radius 2 is 1.06 bits per heavy atom. The Morgan fingerprint density at radius 3 is 1.64 bits per heavy atom. The van der Waals surface area contributed by atoms with E-state index >= 15 is 0 Å². The molecule has 0 bridgehead atoms. The molecular formula is C30H42OSe2. The van der Waals surface area contributed by atoms with Gasteiger partial charge in [-0.1, -0.05) is 71.1 Å². The average Bonchev–Trinajstić information content (AvgIpc) is 3.56. The van der Waals surface area contributed by atoms with Gasteiger partial charge >= 0.3 is 142 Å². The molecule has 0 saturated carbocycles. The third-order valence-corrected chi connectivity index (χ3v) is 11.7. The number of hydrogen-bond acceptors (Lipinski definition) is 1. The van der Waals surface area contributed by atoms with Crippen molar-refractivity contribution in [2.24, 2.45) is 0 Å². The van der Waals surface area contributed by atoms with Crippen LogP contribution in [0, 0.1) is 0 Å². The monoisotopic (exact) mass is 578 g/mol. The van der Waals surface area contributed by atoms with Crippen LogP contribution in [0.15, 0.2) is 32.5 Å². The predicted molar refractivity (Wildman–Crippen MR) is 148 cm³/mol. The van der Waals surface area contributed by atoms with Crippen molar-refractivity contribution in [2.75, 3.05) is 0 Å². The SMILES string of the molecule is CCCCCCCCCCCCCCCCCCc1cc2c3cc[se]c3c3[se]ccc3c2o1. The Bertz CT molecular complexity index is 1020. The van der Waals surface area contributed by atoms with Crippen LogP contribution in [-0.4, -0.2) is 29.0 Å². The fourth-order valence-electron chi connectivity index (χ4n) is 5.17. The van der Waals surface area contributed by atoms with Crippen molar-refractivity contribution in [3.8, 4) is 0 Å². The minimum atomic E-state index is 0.502. The summed E-state index contributed by atoms with van der Waals surface area (Å²) in [5, 5.41) is 4.23. The molecule has 3 heterocycles. The first-order chi connectivity index (χ1) is 16.4. The summed E-state index contributed by atoms with van der Waals surface area (Å²) in [4.78, 5) is 4.75. The van der Waals surface area contributed by atoms with E-state index in [0.717, 1.165) is 12.0 Å². The first-order valence-electron chi connectivity index (χ1n) is 13.7. The second-order valence-corrected chi connectivity index (χ2v) is 13.7. The first-order valence-corrected chi connectivity index (χ1v) is 17.4. The summed E-state index contributed by atoms with van der Waals surface area (Å²) >= 11 is 1.02. The van der Waals surface area contributed by atoms with Gasteiger partial charge < -0.3 is 0 Å². The van der Waals surface area contributed by atoms with Gasteiger partial charge in [0.1, 0.15) is 0 Å². The van der Waals surface area contributed by atoms with Gasteiger partial charge in [-0.05, 0) is 0 Å². The maximum atomic E-state index is 6.39. The van der Waals surface area contributed by atoms with E-state index in [2.05, 4.69) is 35.0 Å². The van der Waals surface area contributed by atoms with Gasteiger partial charge in [-0.15, -0.1) is 0 Å². The summed E-state index contributed by atoms with van der Waals surface area (Å²) in [6.07, 6.45) is 23.9. The molecule has 3 aromatic heterocycles. The number of hydrogen-bond donors (Lipinski definition) is 0. The molecule has 1 aromatic carbocycles. The van der Waals surface area contributed by atoms with Gasteiger partial charge in [0.15, 0.2) is 0 Å². The molecule has 1 nitrogen and oxygen atoms in total. The average molecular weight is 577 g/mol. The van der Waals surface area contributed by atoms with E-state index in [-0.39, 0.29) is 0 Å². The van der Waals surface area contributed by atoms with Gasteiger partial charge in [0.05, 0.1) is 0 Å². The zero-order valence-electron chi connectivity index (χ0n) is 20.6. The van der Waals surface area contributed by atoms with E-state index in [1.807, 2.05) is 0 Å². The zero-order valence-corrected chi connectivity index (χ0v) is 24.1. The van der Waals surface area contributed by atoms with Crippen molar-refractivity contribution in [3.05, 3.63) is 33.8 Å². The molecule has 4 aromatic rings. The molecule has 0 aliphatic heterocycles. The van der Waals surface area contributed by atoms with E-state index in [4.69, 9.17) is 4.42 Å². The van der Waals surface area contributed by atoms with E-state index in [9.17, 15) is 0 Å². The van der Waals surface area contributed by atoms with Gasteiger partial charge in [0.25, 0.3) is 0 Å². The zero-order chi connectivity index (χ0) is 22.7. The summed E-state index contributed by atoms with van der Waals surface area (Å²) in [6, 6.07) is 7.01. The van der Waals surface area contributed by atoms with Crippen molar-refractivity contribution in [1.29, 1.82) is 0 Å². The van der Waals surface area contributed by atoms with E-state index in [1.54, 1.807) is 8.52 Å². The minimum absolute atomic E-state index is 0.502. The molecule has 4 rings (SSSR count). The predicted octanol–water partition coefficient (Wildman–Crippen LogP) is 9.66. The van der Waals surface area contributed by atoms with E-state index in [0.29, 0.717) is 29.0 Å². The fourth-order valence-corrected chi connectivity index (χ4v) is 9.80. The number of aryl methyl sites for hydroxylation is 1. The van der Waals surface area contributed by atoms with Crippen LogP contribution < -0.4 is 0 Å². The number of rotatable bonds is 17. The van der Waals surface area contributed by atoms with E-state index in [1.165, 1.54) is 125 Å². The first kappa shape index (κ1) is 25.4. The summed E-state index contributed by atoms with van der Waals surface area (Å²) in [7, 11) is 0. The van der Waals surface area contributed by atoms with Crippen LogP contribution in [-0.2, 0) is 6.42 Å². The molecule has 0 amide bonds. The van der Waals surface area contributed by atoms with Gasteiger partial charge in [0, 0.05) is 0 Å². The molecule has 0 fully saturated rings. The molecule has 0 N–H and O–H groups in total. The van der Waals surface area contributed by atoms with Crippen molar-refractivity contribution in [2.45, 2.75) is 116 Å². The molecule has 3 heteroatoms. The molecule has 0 spiro atoms. The van der Waals surface area contributed by atoms with Crippen LogP contribution in [0.5, 0.6) is 0 Å². The Hall–Kier alpha value is -0.721. The molecule has 0 aliphatic rings. The summed E-state index contributed by atoms with van der Waals surface area (Å²) in [5.41, 5.74) is 1.16. The Labute approximate surface area is 212 Å². The number of fused-ring (bicyclic) bond motifs is 6. The third kappa shape index (κ3) is 7.14. The van der Waals surface area contributed by atoms with Crippen LogP contribution in [0.3, 0.4) is 0 Å². The maximum absolute atomic E-state index is 6.39. The van der Waals surface area contributed by atoms with Crippen LogP contribution in [0.25, 0.3) is 30.3 Å². The quantitative estimate of drug-likeness (QED) is 0.0901. The van der Waals surface area contributed by atoms with E-state index < -0.39 is 0 Å². The Kier molecular flexibility index (Phi) is 10.8. The standard InChI is InChI=1S/C30H42OSe2/c1-2-3-4-5-6-7-8-9-10-11-12-13-14-15-16-17-18-24-23-27-25-19-21-32-29(25)30-26(20-22-33-30)28(27)31-24/h19-23H,2-18H2,1H3. The summed E-state index contributed by atoms with van der Waals surface area (Å²) in [6.45, 7) is 2.30. The second kappa shape index (κ2) is 14.0. The molecule has 180 valence electrons. The van der Waals surface area contributed by atoms with Crippen molar-refractivity contribution < 1.29 is 4.42 Å². The van der Waals surface area contributed by atoms with Crippen molar-refractivity contribution >= 4 is 59.3 Å². The normalized spacial score (nSPS) is 12.0. The number of furan rings is 1. The number of unbranched alkanes of at least 4 members (excludes halogenated alkanes) is 15. The molecule has 0 unspecified atom stereocenters. The fraction of sp³-hybridized carbons (Fsp3) is 0.600. The number of benzene rings is 1. The summed E-state index contributed by atoms with van der Waals surface area (Å²) in [5.74, 6) is 1.20. The molecule has 0 radical (unpaired) electrons. The third-order valence-electron chi connectivity index (χ3n) is 7.13. The van der Waals surface area contributed by atoms with Gasteiger partial charge in [-0.3, -0.25) is 0 Å². The Balaban J connectivity index is 1.06. The topological polar surface area (TPSA) is 13.1 Å². The Morgan fingerprint density at radius 1 is 0.576 bits per heavy atom. The van der Waals surface area contributed by atoms with Crippen LogP contribution >= 0.6 is 0 Å².